The van der Waals surface area contributed by atoms with E-state index in [9.17, 15) is 0 Å². The summed E-state index contributed by atoms with van der Waals surface area (Å²) in [4.78, 5) is 2.18. The summed E-state index contributed by atoms with van der Waals surface area (Å²) in [6.45, 7) is 4.27. The molecule has 2 heteroatoms. The highest BCUT2D eigenvalue weighted by Crippen LogP contribution is 2.32. The highest BCUT2D eigenvalue weighted by atomic mass is 15.1. The third-order valence-corrected chi connectivity index (χ3v) is 5.20. The second kappa shape index (κ2) is 6.88. The number of hydrogen-bond acceptors (Lipinski definition) is 1. The van der Waals surface area contributed by atoms with E-state index in [2.05, 4.69) is 117 Å². The number of benzene rings is 2. The van der Waals surface area contributed by atoms with Crippen LogP contribution in [0, 0.1) is 13.8 Å². The van der Waals surface area contributed by atoms with E-state index in [1.807, 2.05) is 0 Å². The smallest absolute Gasteiger partial charge is 0.213 e. The Morgan fingerprint density at radius 3 is 2.59 bits per heavy atom. The lowest BCUT2D eigenvalue weighted by atomic mass is 9.98. The molecule has 2 heterocycles. The van der Waals surface area contributed by atoms with Crippen LogP contribution in [0.4, 0.5) is 5.69 Å². The van der Waals surface area contributed by atoms with Crippen molar-refractivity contribution in [1.82, 2.24) is 0 Å². The molecular formula is C25H25N2+. The topological polar surface area (TPSA) is 7.12 Å². The zero-order valence-corrected chi connectivity index (χ0v) is 16.4. The van der Waals surface area contributed by atoms with Crippen molar-refractivity contribution >= 4 is 28.2 Å². The zero-order valence-electron chi connectivity index (χ0n) is 16.4. The summed E-state index contributed by atoms with van der Waals surface area (Å²) < 4.78 is 2.18. The van der Waals surface area contributed by atoms with Crippen LogP contribution in [0.5, 0.6) is 0 Å². The van der Waals surface area contributed by atoms with Crippen molar-refractivity contribution in [2.75, 3.05) is 11.9 Å². The Balaban J connectivity index is 1.72. The predicted octanol–water partition coefficient (Wildman–Crippen LogP) is 5.34. The van der Waals surface area contributed by atoms with Crippen LogP contribution in [-0.4, -0.2) is 7.05 Å². The van der Waals surface area contributed by atoms with Crippen molar-refractivity contribution < 1.29 is 4.57 Å². The number of hydrogen-bond donors (Lipinski definition) is 0. The van der Waals surface area contributed by atoms with Crippen molar-refractivity contribution in [3.8, 4) is 0 Å². The van der Waals surface area contributed by atoms with Crippen molar-refractivity contribution in [2.45, 2.75) is 13.8 Å². The molecule has 1 aliphatic rings. The maximum Gasteiger partial charge on any atom is 0.213 e. The molecule has 0 aliphatic carbocycles. The average molecular weight is 353 g/mol. The van der Waals surface area contributed by atoms with Gasteiger partial charge in [-0.2, -0.15) is 0 Å². The van der Waals surface area contributed by atoms with E-state index in [0.717, 1.165) is 0 Å². The van der Waals surface area contributed by atoms with Gasteiger partial charge in [0.05, 0.1) is 5.39 Å². The molecule has 0 spiro atoms. The molecule has 0 saturated heterocycles. The number of aryl methyl sites for hydroxylation is 3. The number of rotatable bonds is 2. The number of anilines is 1. The highest BCUT2D eigenvalue weighted by molar-refractivity contribution is 5.89. The van der Waals surface area contributed by atoms with Gasteiger partial charge in [-0.25, -0.2) is 4.57 Å². The van der Waals surface area contributed by atoms with Crippen molar-refractivity contribution in [3.63, 3.8) is 0 Å². The molecule has 4 rings (SSSR count). The summed E-state index contributed by atoms with van der Waals surface area (Å²) in [7, 11) is 4.19. The first kappa shape index (κ1) is 17.3. The third kappa shape index (κ3) is 3.31. The first-order valence-electron chi connectivity index (χ1n) is 9.32. The van der Waals surface area contributed by atoms with Gasteiger partial charge in [-0.15, -0.1) is 0 Å². The minimum Gasteiger partial charge on any atom is -0.351 e. The number of nitrogens with zero attached hydrogens (tertiary/aromatic N) is 2. The van der Waals surface area contributed by atoms with Crippen molar-refractivity contribution in [3.05, 3.63) is 95.3 Å². The van der Waals surface area contributed by atoms with Crippen LogP contribution in [-0.2, 0) is 7.05 Å². The van der Waals surface area contributed by atoms with E-state index in [1.165, 1.54) is 44.4 Å². The van der Waals surface area contributed by atoms with Crippen LogP contribution in [0.3, 0.4) is 0 Å². The van der Waals surface area contributed by atoms with Gasteiger partial charge in [0.25, 0.3) is 0 Å². The Labute approximate surface area is 161 Å². The normalized spacial score (nSPS) is 15.1. The van der Waals surface area contributed by atoms with E-state index in [1.54, 1.807) is 0 Å². The van der Waals surface area contributed by atoms with E-state index < -0.39 is 0 Å². The van der Waals surface area contributed by atoms with Gasteiger partial charge in [0.2, 0.25) is 5.52 Å². The van der Waals surface area contributed by atoms with Gasteiger partial charge < -0.3 is 4.90 Å². The SMILES string of the molecule is Cc1ccc2c(c1)N(C)C=CC2=CC=Cc1cc[n+](C)c2cc(C)ccc12. The van der Waals surface area contributed by atoms with Crippen LogP contribution in [0.25, 0.3) is 22.6 Å². The fourth-order valence-corrected chi connectivity index (χ4v) is 3.63. The molecule has 1 aliphatic heterocycles. The van der Waals surface area contributed by atoms with Gasteiger partial charge in [0, 0.05) is 36.6 Å². The molecule has 3 aromatic rings. The number of allylic oxidation sites excluding steroid dienone is 4. The monoisotopic (exact) mass is 353 g/mol. The molecule has 0 bridgehead atoms. The van der Waals surface area contributed by atoms with Crippen LogP contribution in [0.2, 0.25) is 0 Å². The summed E-state index contributed by atoms with van der Waals surface area (Å²) in [5, 5.41) is 1.27. The molecular weight excluding hydrogens is 328 g/mol. The van der Waals surface area contributed by atoms with Gasteiger partial charge in [-0.3, -0.25) is 0 Å². The maximum atomic E-state index is 2.24. The van der Waals surface area contributed by atoms with Gasteiger partial charge in [0.15, 0.2) is 6.20 Å². The lowest BCUT2D eigenvalue weighted by molar-refractivity contribution is -0.644. The first-order valence-corrected chi connectivity index (χ1v) is 9.32. The fraction of sp³-hybridized carbons (Fsp3) is 0.160. The summed E-state index contributed by atoms with van der Waals surface area (Å²) in [5.41, 5.74) is 8.82. The van der Waals surface area contributed by atoms with Crippen LogP contribution in [0.1, 0.15) is 22.3 Å². The molecule has 0 radical (unpaired) electrons. The van der Waals surface area contributed by atoms with E-state index in [-0.39, 0.29) is 0 Å². The lowest BCUT2D eigenvalue weighted by Crippen LogP contribution is -2.28. The fourth-order valence-electron chi connectivity index (χ4n) is 3.63. The maximum absolute atomic E-state index is 2.24. The number of pyridine rings is 1. The molecule has 0 atom stereocenters. The second-order valence-corrected chi connectivity index (χ2v) is 7.33. The zero-order chi connectivity index (χ0) is 19.0. The van der Waals surface area contributed by atoms with Gasteiger partial charge in [0.1, 0.15) is 7.05 Å². The van der Waals surface area contributed by atoms with Crippen molar-refractivity contribution in [2.24, 2.45) is 7.05 Å². The Morgan fingerprint density at radius 2 is 1.74 bits per heavy atom. The Morgan fingerprint density at radius 1 is 0.963 bits per heavy atom. The second-order valence-electron chi connectivity index (χ2n) is 7.33. The average Bonchev–Trinajstić information content (AvgIpc) is 2.66. The summed E-state index contributed by atoms with van der Waals surface area (Å²) in [5.74, 6) is 0. The molecule has 0 N–H and O–H groups in total. The first-order chi connectivity index (χ1) is 13.0. The summed E-state index contributed by atoms with van der Waals surface area (Å²) >= 11 is 0. The molecule has 2 aromatic carbocycles. The van der Waals surface area contributed by atoms with Gasteiger partial charge in [-0.05, 0) is 54.3 Å². The number of aromatic nitrogens is 1. The Bertz CT molecular complexity index is 1120. The molecule has 1 aromatic heterocycles. The van der Waals surface area contributed by atoms with E-state index in [4.69, 9.17) is 0 Å². The largest absolute Gasteiger partial charge is 0.351 e. The molecule has 0 amide bonds. The molecule has 2 nitrogen and oxygen atoms in total. The summed E-state index contributed by atoms with van der Waals surface area (Å²) in [6, 6.07) is 15.4. The molecule has 134 valence electrons. The minimum absolute atomic E-state index is 1.24. The Kier molecular flexibility index (Phi) is 4.41. The standard InChI is InChI=1S/C25H25N2/c1-18-8-10-22-20(12-14-26(3)24(22)16-18)6-5-7-21-13-15-27(4)25-17-19(2)9-11-23(21)25/h5-17H,1-4H3/q+1. The molecule has 27 heavy (non-hydrogen) atoms. The molecule has 0 saturated carbocycles. The number of fused-ring (bicyclic) bond motifs is 2. The molecule has 0 unspecified atom stereocenters. The minimum atomic E-state index is 1.24. The quantitative estimate of drug-likeness (QED) is 0.564. The van der Waals surface area contributed by atoms with Gasteiger partial charge >= 0.3 is 0 Å². The summed E-state index contributed by atoms with van der Waals surface area (Å²) in [6.07, 6.45) is 13.0. The molecule has 0 fully saturated rings. The third-order valence-electron chi connectivity index (χ3n) is 5.20. The highest BCUT2D eigenvalue weighted by Gasteiger charge is 2.13. The van der Waals surface area contributed by atoms with Crippen LogP contribution >= 0.6 is 0 Å². The van der Waals surface area contributed by atoms with Crippen molar-refractivity contribution in [1.29, 1.82) is 0 Å². The lowest BCUT2D eigenvalue weighted by Gasteiger charge is -2.24. The van der Waals surface area contributed by atoms with E-state index in [0.29, 0.717) is 0 Å². The van der Waals surface area contributed by atoms with Gasteiger partial charge in [-0.1, -0.05) is 36.4 Å². The Hall–Kier alpha value is -3.13. The van der Waals surface area contributed by atoms with E-state index >= 15 is 0 Å². The predicted molar refractivity (Wildman–Crippen MR) is 116 cm³/mol. The van der Waals surface area contributed by atoms with Crippen LogP contribution in [0.15, 0.2) is 73.1 Å². The van der Waals surface area contributed by atoms with Crippen LogP contribution < -0.4 is 9.47 Å².